The van der Waals surface area contributed by atoms with Gasteiger partial charge in [0.2, 0.25) is 0 Å². The molecule has 0 aliphatic carbocycles. The molecule has 1 aromatic carbocycles. The van der Waals surface area contributed by atoms with Crippen LogP contribution >= 0.6 is 0 Å². The molecule has 2 nitrogen and oxygen atoms in total. The molecule has 3 atom stereocenters. The summed E-state index contributed by atoms with van der Waals surface area (Å²) >= 11 is 0. The third-order valence-corrected chi connectivity index (χ3v) is 3.43. The first-order valence-electron chi connectivity index (χ1n) is 6.15. The maximum absolute atomic E-state index is 13.1. The molecule has 17 heavy (non-hydrogen) atoms. The van der Waals surface area contributed by atoms with Gasteiger partial charge < -0.3 is 9.84 Å². The van der Waals surface area contributed by atoms with E-state index in [0.717, 1.165) is 24.0 Å². The van der Waals surface area contributed by atoms with Gasteiger partial charge in [-0.1, -0.05) is 6.07 Å². The van der Waals surface area contributed by atoms with E-state index in [2.05, 4.69) is 0 Å². The smallest absolute Gasteiger partial charge is 0.123 e. The van der Waals surface area contributed by atoms with Crippen molar-refractivity contribution in [1.29, 1.82) is 0 Å². The Hall–Kier alpha value is -0.930. The molecule has 1 N–H and O–H groups in total. The van der Waals surface area contributed by atoms with Crippen LogP contribution in [0.25, 0.3) is 0 Å². The second-order valence-corrected chi connectivity index (χ2v) is 4.90. The van der Waals surface area contributed by atoms with Crippen molar-refractivity contribution in [2.24, 2.45) is 0 Å². The first-order chi connectivity index (χ1) is 8.06. The standard InChI is InChI=1S/C14H19FO2/c1-9-3-5-12(15)7-11(9)8-13(16)14-6-4-10(2)17-14/h3,5,7,10,13-14,16H,4,6,8H2,1-2H3. The first kappa shape index (κ1) is 12.5. The molecule has 1 aliphatic heterocycles. The van der Waals surface area contributed by atoms with Gasteiger partial charge in [-0.3, -0.25) is 0 Å². The fourth-order valence-corrected chi connectivity index (χ4v) is 2.33. The number of aliphatic hydroxyl groups is 1. The molecule has 0 amide bonds. The van der Waals surface area contributed by atoms with E-state index in [1.165, 1.54) is 12.1 Å². The van der Waals surface area contributed by atoms with E-state index >= 15 is 0 Å². The maximum atomic E-state index is 13.1. The SMILES string of the molecule is Cc1ccc(F)cc1CC(O)C1CCC(C)O1. The maximum Gasteiger partial charge on any atom is 0.123 e. The number of halogens is 1. The van der Waals surface area contributed by atoms with Crippen molar-refractivity contribution in [3.63, 3.8) is 0 Å². The lowest BCUT2D eigenvalue weighted by Gasteiger charge is -2.19. The summed E-state index contributed by atoms with van der Waals surface area (Å²) in [5.74, 6) is -0.251. The van der Waals surface area contributed by atoms with Crippen LogP contribution in [0.15, 0.2) is 18.2 Å². The minimum Gasteiger partial charge on any atom is -0.390 e. The van der Waals surface area contributed by atoms with Gasteiger partial charge >= 0.3 is 0 Å². The van der Waals surface area contributed by atoms with Gasteiger partial charge in [-0.05, 0) is 49.9 Å². The highest BCUT2D eigenvalue weighted by molar-refractivity contribution is 5.27. The molecule has 3 unspecified atom stereocenters. The second-order valence-electron chi connectivity index (χ2n) is 4.90. The monoisotopic (exact) mass is 238 g/mol. The van der Waals surface area contributed by atoms with Crippen LogP contribution in [0.1, 0.15) is 30.9 Å². The predicted octanol–water partition coefficient (Wildman–Crippen LogP) is 2.61. The molecule has 0 radical (unpaired) electrons. The summed E-state index contributed by atoms with van der Waals surface area (Å²) in [6.07, 6.45) is 1.91. The highest BCUT2D eigenvalue weighted by Gasteiger charge is 2.28. The van der Waals surface area contributed by atoms with Crippen LogP contribution in [-0.4, -0.2) is 23.4 Å². The molecule has 0 saturated carbocycles. The van der Waals surface area contributed by atoms with E-state index < -0.39 is 6.10 Å². The molecule has 1 aromatic rings. The minimum absolute atomic E-state index is 0.104. The van der Waals surface area contributed by atoms with Crippen LogP contribution in [-0.2, 0) is 11.2 Å². The summed E-state index contributed by atoms with van der Waals surface area (Å²) in [4.78, 5) is 0. The summed E-state index contributed by atoms with van der Waals surface area (Å²) in [5, 5.41) is 10.1. The zero-order valence-electron chi connectivity index (χ0n) is 10.3. The van der Waals surface area contributed by atoms with Gasteiger partial charge in [-0.15, -0.1) is 0 Å². The van der Waals surface area contributed by atoms with Crippen molar-refractivity contribution in [1.82, 2.24) is 0 Å². The number of hydrogen-bond donors (Lipinski definition) is 1. The lowest BCUT2D eigenvalue weighted by molar-refractivity contribution is -0.0279. The molecular formula is C14H19FO2. The Bertz CT molecular complexity index is 392. The topological polar surface area (TPSA) is 29.5 Å². The molecule has 0 aromatic heterocycles. The van der Waals surface area contributed by atoms with Crippen LogP contribution in [0.2, 0.25) is 0 Å². The average molecular weight is 238 g/mol. The second kappa shape index (κ2) is 5.15. The largest absolute Gasteiger partial charge is 0.390 e. The number of benzene rings is 1. The van der Waals surface area contributed by atoms with Crippen molar-refractivity contribution in [2.45, 2.75) is 51.4 Å². The molecule has 0 bridgehead atoms. The molecule has 1 saturated heterocycles. The van der Waals surface area contributed by atoms with E-state index in [1.54, 1.807) is 6.07 Å². The van der Waals surface area contributed by atoms with E-state index in [1.807, 2.05) is 13.8 Å². The quantitative estimate of drug-likeness (QED) is 0.877. The lowest BCUT2D eigenvalue weighted by atomic mass is 9.98. The van der Waals surface area contributed by atoms with E-state index in [0.29, 0.717) is 6.42 Å². The molecule has 0 spiro atoms. The fraction of sp³-hybridized carbons (Fsp3) is 0.571. The molecule has 1 fully saturated rings. The van der Waals surface area contributed by atoms with Gasteiger partial charge in [-0.25, -0.2) is 4.39 Å². The summed E-state index contributed by atoms with van der Waals surface area (Å²) in [6, 6.07) is 4.69. The van der Waals surface area contributed by atoms with Gasteiger partial charge in [0, 0.05) is 6.42 Å². The van der Waals surface area contributed by atoms with Gasteiger partial charge in [0.25, 0.3) is 0 Å². The predicted molar refractivity (Wildman–Crippen MR) is 64.4 cm³/mol. The summed E-state index contributed by atoms with van der Waals surface area (Å²) in [5.41, 5.74) is 1.87. The lowest BCUT2D eigenvalue weighted by Crippen LogP contribution is -2.28. The first-order valence-corrected chi connectivity index (χ1v) is 6.15. The average Bonchev–Trinajstić information content (AvgIpc) is 2.70. The Morgan fingerprint density at radius 2 is 2.24 bits per heavy atom. The van der Waals surface area contributed by atoms with Crippen LogP contribution in [0.5, 0.6) is 0 Å². The number of aryl methyl sites for hydroxylation is 1. The Morgan fingerprint density at radius 3 is 2.88 bits per heavy atom. The van der Waals surface area contributed by atoms with Crippen LogP contribution in [0.3, 0.4) is 0 Å². The van der Waals surface area contributed by atoms with E-state index in [4.69, 9.17) is 4.74 Å². The van der Waals surface area contributed by atoms with Crippen molar-refractivity contribution >= 4 is 0 Å². The number of rotatable bonds is 3. The Morgan fingerprint density at radius 1 is 1.47 bits per heavy atom. The zero-order chi connectivity index (χ0) is 12.4. The van der Waals surface area contributed by atoms with Crippen molar-refractivity contribution in [3.05, 3.63) is 35.1 Å². The third-order valence-electron chi connectivity index (χ3n) is 3.43. The Balaban J connectivity index is 2.02. The van der Waals surface area contributed by atoms with Crippen LogP contribution < -0.4 is 0 Å². The van der Waals surface area contributed by atoms with Crippen LogP contribution in [0, 0.1) is 12.7 Å². The van der Waals surface area contributed by atoms with Gasteiger partial charge in [0.1, 0.15) is 5.82 Å². The molecule has 3 heteroatoms. The highest BCUT2D eigenvalue weighted by atomic mass is 19.1. The minimum atomic E-state index is -0.541. The molecule has 1 aliphatic rings. The van der Waals surface area contributed by atoms with Gasteiger partial charge in [-0.2, -0.15) is 0 Å². The molecule has 1 heterocycles. The van der Waals surface area contributed by atoms with Gasteiger partial charge in [0.15, 0.2) is 0 Å². The zero-order valence-corrected chi connectivity index (χ0v) is 10.3. The number of ether oxygens (including phenoxy) is 1. The van der Waals surface area contributed by atoms with Crippen LogP contribution in [0.4, 0.5) is 4.39 Å². The molecule has 2 rings (SSSR count). The summed E-state index contributed by atoms with van der Waals surface area (Å²) in [6.45, 7) is 3.94. The molecule has 94 valence electrons. The summed E-state index contributed by atoms with van der Waals surface area (Å²) in [7, 11) is 0. The summed E-state index contributed by atoms with van der Waals surface area (Å²) < 4.78 is 18.7. The Kier molecular flexibility index (Phi) is 3.79. The van der Waals surface area contributed by atoms with E-state index in [9.17, 15) is 9.50 Å². The highest BCUT2D eigenvalue weighted by Crippen LogP contribution is 2.24. The molecular weight excluding hydrogens is 219 g/mol. The van der Waals surface area contributed by atoms with E-state index in [-0.39, 0.29) is 18.0 Å². The third kappa shape index (κ3) is 3.05. The number of hydrogen-bond acceptors (Lipinski definition) is 2. The van der Waals surface area contributed by atoms with Crippen molar-refractivity contribution in [2.75, 3.05) is 0 Å². The normalized spacial score (nSPS) is 26.1. The number of aliphatic hydroxyl groups excluding tert-OH is 1. The van der Waals surface area contributed by atoms with Crippen molar-refractivity contribution < 1.29 is 14.2 Å². The fourth-order valence-electron chi connectivity index (χ4n) is 2.33. The Labute approximate surface area is 101 Å². The van der Waals surface area contributed by atoms with Crippen molar-refractivity contribution in [3.8, 4) is 0 Å². The van der Waals surface area contributed by atoms with Gasteiger partial charge in [0.05, 0.1) is 18.3 Å².